The van der Waals surface area contributed by atoms with Crippen molar-refractivity contribution in [1.29, 1.82) is 0 Å². The minimum Gasteiger partial charge on any atom is -0.465 e. The zero-order valence-electron chi connectivity index (χ0n) is 17.5. The van der Waals surface area contributed by atoms with Gasteiger partial charge in [-0.3, -0.25) is 0 Å². The third-order valence-corrected chi connectivity index (χ3v) is 5.06. The average molecular weight is 399 g/mol. The summed E-state index contributed by atoms with van der Waals surface area (Å²) in [6, 6.07) is 5.38. The van der Waals surface area contributed by atoms with Gasteiger partial charge < -0.3 is 19.8 Å². The number of imidazole rings is 1. The van der Waals surface area contributed by atoms with Crippen LogP contribution in [-0.2, 0) is 22.4 Å². The first-order valence-electron chi connectivity index (χ1n) is 10.3. The second-order valence-electron chi connectivity index (χ2n) is 7.17. The number of nitrogens with zero attached hydrogens (tertiary/aromatic N) is 3. The van der Waals surface area contributed by atoms with Gasteiger partial charge in [0.05, 0.1) is 30.3 Å². The molecule has 0 aliphatic rings. The molecular weight excluding hydrogens is 368 g/mol. The molecule has 0 radical (unpaired) electrons. The Labute approximate surface area is 171 Å². The predicted molar refractivity (Wildman–Crippen MR) is 115 cm³/mol. The number of nitrogens with two attached hydrogens (primary N) is 1. The Bertz CT molecular complexity index is 997. The normalized spacial score (nSPS) is 11.4. The van der Waals surface area contributed by atoms with E-state index in [4.69, 9.17) is 20.2 Å². The summed E-state index contributed by atoms with van der Waals surface area (Å²) >= 11 is 0. The summed E-state index contributed by atoms with van der Waals surface area (Å²) in [5.74, 6) is 0.978. The van der Waals surface area contributed by atoms with Crippen LogP contribution in [0, 0.1) is 0 Å². The SMILES string of the molecule is CCCCOCCn1c(CCCC)nc2c(N)nc3cc(C(=O)OC)ccc3c21. The van der Waals surface area contributed by atoms with E-state index >= 15 is 0 Å². The lowest BCUT2D eigenvalue weighted by Crippen LogP contribution is -2.10. The fraction of sp³-hybridized carbons (Fsp3) is 0.500. The highest BCUT2D eigenvalue weighted by atomic mass is 16.5. The standard InChI is InChI=1S/C22H30N4O3/c1-4-6-8-18-25-19-20(26(18)11-13-29-12-7-5-2)16-10-9-15(22(27)28-3)14-17(16)24-21(19)23/h9-10,14H,4-8,11-13H2,1-3H3,(H2,23,24). The van der Waals surface area contributed by atoms with Gasteiger partial charge in [0.15, 0.2) is 5.82 Å². The molecule has 0 fully saturated rings. The number of aromatic nitrogens is 3. The first kappa shape index (κ1) is 21.0. The first-order chi connectivity index (χ1) is 14.1. The number of anilines is 1. The Morgan fingerprint density at radius 2 is 1.93 bits per heavy atom. The molecule has 156 valence electrons. The van der Waals surface area contributed by atoms with Crippen molar-refractivity contribution < 1.29 is 14.3 Å². The topological polar surface area (TPSA) is 92.3 Å². The molecule has 0 spiro atoms. The van der Waals surface area contributed by atoms with E-state index in [1.165, 1.54) is 7.11 Å². The maximum Gasteiger partial charge on any atom is 0.337 e. The molecule has 3 rings (SSSR count). The lowest BCUT2D eigenvalue weighted by Gasteiger charge is -2.12. The molecule has 0 bridgehead atoms. The average Bonchev–Trinajstić information content (AvgIpc) is 3.10. The molecule has 29 heavy (non-hydrogen) atoms. The number of ether oxygens (including phenoxy) is 2. The van der Waals surface area contributed by atoms with Crippen LogP contribution < -0.4 is 5.73 Å². The molecule has 2 aromatic heterocycles. The van der Waals surface area contributed by atoms with Crippen LogP contribution in [0.3, 0.4) is 0 Å². The minimum absolute atomic E-state index is 0.373. The summed E-state index contributed by atoms with van der Waals surface area (Å²) in [4.78, 5) is 21.2. The zero-order chi connectivity index (χ0) is 20.8. The first-order valence-corrected chi connectivity index (χ1v) is 10.3. The van der Waals surface area contributed by atoms with Crippen LogP contribution in [0.4, 0.5) is 5.82 Å². The highest BCUT2D eigenvalue weighted by Gasteiger charge is 2.18. The lowest BCUT2D eigenvalue weighted by molar-refractivity contribution is 0.0601. The van der Waals surface area contributed by atoms with Crippen LogP contribution in [0.1, 0.15) is 55.7 Å². The van der Waals surface area contributed by atoms with Crippen LogP contribution >= 0.6 is 0 Å². The van der Waals surface area contributed by atoms with Crippen molar-refractivity contribution >= 4 is 33.7 Å². The van der Waals surface area contributed by atoms with Gasteiger partial charge in [0.2, 0.25) is 0 Å². The summed E-state index contributed by atoms with van der Waals surface area (Å²) < 4.78 is 12.8. The number of fused-ring (bicyclic) bond motifs is 3. The third kappa shape index (κ3) is 4.50. The van der Waals surface area contributed by atoms with Crippen molar-refractivity contribution in [2.24, 2.45) is 0 Å². The smallest absolute Gasteiger partial charge is 0.337 e. The number of pyridine rings is 1. The van der Waals surface area contributed by atoms with Gasteiger partial charge in [-0.05, 0) is 31.0 Å². The van der Waals surface area contributed by atoms with Crippen LogP contribution in [0.15, 0.2) is 18.2 Å². The van der Waals surface area contributed by atoms with E-state index in [-0.39, 0.29) is 0 Å². The Morgan fingerprint density at radius 1 is 1.14 bits per heavy atom. The molecule has 0 amide bonds. The minimum atomic E-state index is -0.395. The largest absolute Gasteiger partial charge is 0.465 e. The Hall–Kier alpha value is -2.67. The monoisotopic (exact) mass is 398 g/mol. The van der Waals surface area contributed by atoms with Crippen LogP contribution in [0.25, 0.3) is 21.9 Å². The van der Waals surface area contributed by atoms with Crippen molar-refractivity contribution in [2.45, 2.75) is 52.5 Å². The molecule has 2 heterocycles. The zero-order valence-corrected chi connectivity index (χ0v) is 17.5. The van der Waals surface area contributed by atoms with E-state index in [9.17, 15) is 4.79 Å². The molecule has 7 nitrogen and oxygen atoms in total. The molecule has 1 aromatic carbocycles. The summed E-state index contributed by atoms with van der Waals surface area (Å²) in [6.07, 6.45) is 5.20. The van der Waals surface area contributed by atoms with Gasteiger partial charge in [0.1, 0.15) is 11.3 Å². The summed E-state index contributed by atoms with van der Waals surface area (Å²) in [7, 11) is 1.37. The molecule has 0 saturated carbocycles. The van der Waals surface area contributed by atoms with E-state index < -0.39 is 5.97 Å². The Balaban J connectivity index is 2.08. The Kier molecular flexibility index (Phi) is 7.04. The predicted octanol–water partition coefficient (Wildman–Crippen LogP) is 4.11. The van der Waals surface area contributed by atoms with Crippen molar-refractivity contribution in [3.63, 3.8) is 0 Å². The fourth-order valence-electron chi connectivity index (χ4n) is 3.47. The number of carbonyl (C=O) groups is 1. The maximum atomic E-state index is 11.9. The van der Waals surface area contributed by atoms with Crippen molar-refractivity contribution in [2.75, 3.05) is 26.1 Å². The van der Waals surface area contributed by atoms with Gasteiger partial charge in [0.25, 0.3) is 0 Å². The van der Waals surface area contributed by atoms with Crippen LogP contribution in [0.5, 0.6) is 0 Å². The van der Waals surface area contributed by atoms with E-state index in [2.05, 4.69) is 23.4 Å². The number of carbonyl (C=O) groups excluding carboxylic acids is 1. The second kappa shape index (κ2) is 9.69. The quantitative estimate of drug-likeness (QED) is 0.408. The molecule has 3 aromatic rings. The molecule has 0 aliphatic heterocycles. The lowest BCUT2D eigenvalue weighted by atomic mass is 10.1. The number of methoxy groups -OCH3 is 1. The maximum absolute atomic E-state index is 11.9. The van der Waals surface area contributed by atoms with Crippen molar-refractivity contribution in [3.05, 3.63) is 29.6 Å². The number of benzene rings is 1. The molecule has 2 N–H and O–H groups in total. The van der Waals surface area contributed by atoms with Crippen molar-refractivity contribution in [1.82, 2.24) is 14.5 Å². The summed E-state index contributed by atoms with van der Waals surface area (Å²) in [6.45, 7) is 6.41. The molecule has 0 saturated heterocycles. The molecule has 0 atom stereocenters. The Morgan fingerprint density at radius 3 is 2.66 bits per heavy atom. The van der Waals surface area contributed by atoms with Crippen LogP contribution in [-0.4, -0.2) is 40.8 Å². The van der Waals surface area contributed by atoms with E-state index in [0.717, 1.165) is 55.4 Å². The fourth-order valence-corrected chi connectivity index (χ4v) is 3.47. The van der Waals surface area contributed by atoms with Gasteiger partial charge in [-0.15, -0.1) is 0 Å². The van der Waals surface area contributed by atoms with Gasteiger partial charge in [-0.1, -0.05) is 26.7 Å². The number of aryl methyl sites for hydroxylation is 1. The highest BCUT2D eigenvalue weighted by molar-refractivity contribution is 6.08. The summed E-state index contributed by atoms with van der Waals surface area (Å²) in [5, 5.41) is 0.922. The summed E-state index contributed by atoms with van der Waals surface area (Å²) in [5.41, 5.74) is 9.03. The second-order valence-corrected chi connectivity index (χ2v) is 7.17. The molecular formula is C22H30N4O3. The molecule has 0 aliphatic carbocycles. The number of hydrogen-bond donors (Lipinski definition) is 1. The van der Waals surface area contributed by atoms with Crippen molar-refractivity contribution in [3.8, 4) is 0 Å². The molecule has 7 heteroatoms. The number of rotatable bonds is 10. The van der Waals surface area contributed by atoms with Gasteiger partial charge in [-0.25, -0.2) is 14.8 Å². The number of hydrogen-bond acceptors (Lipinski definition) is 6. The van der Waals surface area contributed by atoms with E-state index in [0.29, 0.717) is 35.6 Å². The van der Waals surface area contributed by atoms with Crippen LogP contribution in [0.2, 0.25) is 0 Å². The number of esters is 1. The number of nitrogen functional groups attached to an aromatic ring is 1. The van der Waals surface area contributed by atoms with Gasteiger partial charge in [-0.2, -0.15) is 0 Å². The van der Waals surface area contributed by atoms with E-state index in [1.807, 2.05) is 6.07 Å². The van der Waals surface area contributed by atoms with Gasteiger partial charge in [0, 0.05) is 25.0 Å². The van der Waals surface area contributed by atoms with E-state index in [1.54, 1.807) is 12.1 Å². The third-order valence-electron chi connectivity index (χ3n) is 5.06. The highest BCUT2D eigenvalue weighted by Crippen LogP contribution is 2.30. The number of unbranched alkanes of at least 4 members (excludes halogenated alkanes) is 2. The molecule has 0 unspecified atom stereocenters. The van der Waals surface area contributed by atoms with Gasteiger partial charge >= 0.3 is 5.97 Å².